The summed E-state index contributed by atoms with van der Waals surface area (Å²) in [5.74, 6) is -3.32. The van der Waals surface area contributed by atoms with E-state index >= 15 is 0 Å². The maximum Gasteiger partial charge on any atom is 0.182 e. The third-order valence-corrected chi connectivity index (χ3v) is 5.98. The lowest BCUT2D eigenvalue weighted by atomic mass is 10.0. The van der Waals surface area contributed by atoms with E-state index < -0.39 is 28.8 Å². The highest BCUT2D eigenvalue weighted by Crippen LogP contribution is 2.32. The molecule has 11 heteroatoms. The van der Waals surface area contributed by atoms with Crippen LogP contribution in [0.2, 0.25) is 0 Å². The van der Waals surface area contributed by atoms with Gasteiger partial charge < -0.3 is 5.73 Å². The number of hydrogen-bond donors (Lipinski definition) is 1. The Morgan fingerprint density at radius 1 is 0.838 bits per heavy atom. The molecule has 37 heavy (non-hydrogen) atoms. The Balaban J connectivity index is 1.45. The Bertz CT molecular complexity index is 1830. The van der Waals surface area contributed by atoms with Crippen molar-refractivity contribution in [2.24, 2.45) is 0 Å². The summed E-state index contributed by atoms with van der Waals surface area (Å²) in [6, 6.07) is 10.9. The second-order valence-corrected chi connectivity index (χ2v) is 8.21. The van der Waals surface area contributed by atoms with Crippen molar-refractivity contribution >= 4 is 22.2 Å². The normalized spacial score (nSPS) is 11.5. The fraction of sp³-hybridized carbons (Fsp3) is 0.0385. The van der Waals surface area contributed by atoms with E-state index in [1.165, 1.54) is 35.2 Å². The van der Waals surface area contributed by atoms with Crippen LogP contribution in [0.25, 0.3) is 39.1 Å². The highest BCUT2D eigenvalue weighted by atomic mass is 19.2. The van der Waals surface area contributed by atoms with Gasteiger partial charge in [-0.3, -0.25) is 4.98 Å². The van der Waals surface area contributed by atoms with E-state index in [0.717, 1.165) is 12.1 Å². The number of pyridine rings is 1. The Hall–Kier alpha value is -4.93. The Morgan fingerprint density at radius 3 is 2.51 bits per heavy atom. The highest BCUT2D eigenvalue weighted by Gasteiger charge is 2.21. The van der Waals surface area contributed by atoms with Gasteiger partial charge in [-0.05, 0) is 48.0 Å². The SMILES string of the molecule is Nc1nc(-c2nc(Cc3c(F)ccc(F)c3F)n3ncccc23)ncc1-c1ccnc2cc(F)ccc12. The Morgan fingerprint density at radius 2 is 1.68 bits per heavy atom. The van der Waals surface area contributed by atoms with Gasteiger partial charge >= 0.3 is 0 Å². The van der Waals surface area contributed by atoms with E-state index in [0.29, 0.717) is 27.5 Å². The van der Waals surface area contributed by atoms with Crippen molar-refractivity contribution in [2.45, 2.75) is 6.42 Å². The molecule has 4 aromatic heterocycles. The first-order chi connectivity index (χ1) is 17.9. The van der Waals surface area contributed by atoms with E-state index in [1.54, 1.807) is 24.3 Å². The minimum absolute atomic E-state index is 0.135. The number of benzene rings is 2. The van der Waals surface area contributed by atoms with Gasteiger partial charge in [0.05, 0.1) is 11.0 Å². The topological polar surface area (TPSA) is 94.9 Å². The molecule has 0 aliphatic heterocycles. The molecule has 0 amide bonds. The second kappa shape index (κ2) is 8.63. The molecule has 0 bridgehead atoms. The van der Waals surface area contributed by atoms with Crippen LogP contribution in [0.3, 0.4) is 0 Å². The van der Waals surface area contributed by atoms with Gasteiger partial charge in [0.1, 0.15) is 29.0 Å². The van der Waals surface area contributed by atoms with Crippen LogP contribution in [0.15, 0.2) is 67.1 Å². The lowest BCUT2D eigenvalue weighted by Gasteiger charge is -2.09. The van der Waals surface area contributed by atoms with Gasteiger partial charge in [0.15, 0.2) is 17.5 Å². The maximum atomic E-state index is 14.3. The number of nitrogens with two attached hydrogens (primary N) is 1. The number of imidazole rings is 1. The van der Waals surface area contributed by atoms with E-state index in [2.05, 4.69) is 25.0 Å². The van der Waals surface area contributed by atoms with Gasteiger partial charge in [-0.2, -0.15) is 5.10 Å². The minimum Gasteiger partial charge on any atom is -0.383 e. The summed E-state index contributed by atoms with van der Waals surface area (Å²) in [4.78, 5) is 17.5. The number of aromatic nitrogens is 6. The fourth-order valence-electron chi connectivity index (χ4n) is 4.23. The van der Waals surface area contributed by atoms with Crippen LogP contribution in [-0.4, -0.2) is 29.5 Å². The molecule has 7 nitrogen and oxygen atoms in total. The lowest BCUT2D eigenvalue weighted by molar-refractivity contribution is 0.481. The number of rotatable bonds is 4. The maximum absolute atomic E-state index is 14.3. The fourth-order valence-corrected chi connectivity index (χ4v) is 4.23. The lowest BCUT2D eigenvalue weighted by Crippen LogP contribution is -2.05. The van der Waals surface area contributed by atoms with Crippen LogP contribution >= 0.6 is 0 Å². The van der Waals surface area contributed by atoms with E-state index in [9.17, 15) is 17.6 Å². The molecule has 0 saturated heterocycles. The number of hydrogen-bond acceptors (Lipinski definition) is 6. The number of nitrogen functional groups attached to an aromatic ring is 1. The summed E-state index contributed by atoms with van der Waals surface area (Å²) in [5, 5.41) is 4.90. The molecule has 0 aliphatic rings. The smallest absolute Gasteiger partial charge is 0.182 e. The molecular formula is C26H15F4N7. The van der Waals surface area contributed by atoms with Crippen LogP contribution < -0.4 is 5.73 Å². The number of fused-ring (bicyclic) bond motifs is 2. The quantitative estimate of drug-likeness (QED) is 0.266. The molecule has 182 valence electrons. The molecule has 0 radical (unpaired) electrons. The molecule has 2 N–H and O–H groups in total. The summed E-state index contributed by atoms with van der Waals surface area (Å²) in [5.41, 5.74) is 8.21. The Kier molecular flexibility index (Phi) is 5.25. The zero-order valence-electron chi connectivity index (χ0n) is 18.8. The molecular weight excluding hydrogens is 486 g/mol. The van der Waals surface area contributed by atoms with E-state index in [1.807, 2.05) is 0 Å². The summed E-state index contributed by atoms with van der Waals surface area (Å²) in [6.07, 6.45) is 4.18. The van der Waals surface area contributed by atoms with Crippen LogP contribution in [0.4, 0.5) is 23.4 Å². The molecule has 4 heterocycles. The molecule has 6 rings (SSSR count). The van der Waals surface area contributed by atoms with Crippen molar-refractivity contribution in [3.05, 3.63) is 102 Å². The summed E-state index contributed by atoms with van der Waals surface area (Å²) in [6.45, 7) is 0. The standard InChI is InChI=1S/C26H15F4N7/c27-13-3-4-15-14(7-9-32-20(15)10-13)17-12-33-26(36-25(17)31)24-21-2-1-8-34-37(21)22(35-24)11-16-18(28)5-6-19(29)23(16)30/h1-10,12H,11H2,(H2,31,33,36). The van der Waals surface area contributed by atoms with Crippen LogP contribution in [-0.2, 0) is 6.42 Å². The van der Waals surface area contributed by atoms with Crippen LogP contribution in [0, 0.1) is 23.3 Å². The molecule has 0 saturated carbocycles. The first-order valence-corrected chi connectivity index (χ1v) is 11.0. The second-order valence-electron chi connectivity index (χ2n) is 8.21. The molecule has 0 fully saturated rings. The van der Waals surface area contributed by atoms with Crippen molar-refractivity contribution in [3.63, 3.8) is 0 Å². The number of nitrogens with zero attached hydrogens (tertiary/aromatic N) is 6. The zero-order valence-corrected chi connectivity index (χ0v) is 18.8. The highest BCUT2D eigenvalue weighted by molar-refractivity contribution is 5.96. The summed E-state index contributed by atoms with van der Waals surface area (Å²) >= 11 is 0. The van der Waals surface area contributed by atoms with Crippen LogP contribution in [0.1, 0.15) is 11.4 Å². The largest absolute Gasteiger partial charge is 0.383 e. The molecule has 0 atom stereocenters. The molecule has 0 spiro atoms. The average Bonchev–Trinajstić information content (AvgIpc) is 3.27. The molecule has 0 unspecified atom stereocenters. The van der Waals surface area contributed by atoms with Crippen LogP contribution in [0.5, 0.6) is 0 Å². The van der Waals surface area contributed by atoms with Crippen molar-refractivity contribution in [1.29, 1.82) is 0 Å². The van der Waals surface area contributed by atoms with Gasteiger partial charge in [-0.1, -0.05) is 0 Å². The minimum atomic E-state index is -1.29. The summed E-state index contributed by atoms with van der Waals surface area (Å²) in [7, 11) is 0. The van der Waals surface area contributed by atoms with Crippen molar-refractivity contribution in [3.8, 4) is 22.6 Å². The molecule has 2 aromatic carbocycles. The van der Waals surface area contributed by atoms with Crippen molar-refractivity contribution < 1.29 is 17.6 Å². The molecule has 6 aromatic rings. The predicted octanol–water partition coefficient (Wildman–Crippen LogP) is 5.13. The number of anilines is 1. The van der Waals surface area contributed by atoms with Gasteiger partial charge in [-0.25, -0.2) is 37.0 Å². The monoisotopic (exact) mass is 501 g/mol. The third-order valence-electron chi connectivity index (χ3n) is 5.98. The van der Waals surface area contributed by atoms with Crippen molar-refractivity contribution in [2.75, 3.05) is 5.73 Å². The van der Waals surface area contributed by atoms with Crippen molar-refractivity contribution in [1.82, 2.24) is 29.5 Å². The van der Waals surface area contributed by atoms with E-state index in [4.69, 9.17) is 5.73 Å². The first kappa shape index (κ1) is 22.5. The van der Waals surface area contributed by atoms with Gasteiger partial charge in [0.25, 0.3) is 0 Å². The van der Waals surface area contributed by atoms with Gasteiger partial charge in [0, 0.05) is 47.6 Å². The first-order valence-electron chi connectivity index (χ1n) is 11.0. The average molecular weight is 501 g/mol. The summed E-state index contributed by atoms with van der Waals surface area (Å²) < 4.78 is 57.4. The Labute approximate surface area is 206 Å². The molecule has 0 aliphatic carbocycles. The number of halogens is 4. The van der Waals surface area contributed by atoms with Gasteiger partial charge in [-0.15, -0.1) is 0 Å². The predicted molar refractivity (Wildman–Crippen MR) is 128 cm³/mol. The third kappa shape index (κ3) is 3.80. The van der Waals surface area contributed by atoms with Gasteiger partial charge in [0.2, 0.25) is 0 Å². The van der Waals surface area contributed by atoms with E-state index in [-0.39, 0.29) is 29.6 Å². The zero-order chi connectivity index (χ0) is 25.7.